The summed E-state index contributed by atoms with van der Waals surface area (Å²) in [5.41, 5.74) is 0.240. The third-order valence-corrected chi connectivity index (χ3v) is 4.51. The number of aryl methyl sites for hydroxylation is 1. The second-order valence-electron chi connectivity index (χ2n) is 6.14. The van der Waals surface area contributed by atoms with Gasteiger partial charge in [0.05, 0.1) is 5.56 Å². The van der Waals surface area contributed by atoms with E-state index in [0.717, 1.165) is 31.5 Å². The Labute approximate surface area is 140 Å². The number of hydrogen-bond donors (Lipinski definition) is 2. The van der Waals surface area contributed by atoms with Crippen molar-refractivity contribution < 1.29 is 15.0 Å². The van der Waals surface area contributed by atoms with Crippen LogP contribution in [0, 0.1) is 5.92 Å². The summed E-state index contributed by atoms with van der Waals surface area (Å²) in [6.07, 6.45) is 7.28. The minimum absolute atomic E-state index is 0.0501. The van der Waals surface area contributed by atoms with Gasteiger partial charge in [-0.2, -0.15) is 0 Å². The lowest BCUT2D eigenvalue weighted by molar-refractivity contribution is 0.0683. The second-order valence-corrected chi connectivity index (χ2v) is 6.14. The van der Waals surface area contributed by atoms with Gasteiger partial charge >= 0.3 is 0 Å². The zero-order chi connectivity index (χ0) is 16.9. The quantitative estimate of drug-likeness (QED) is 0.900. The third-order valence-electron chi connectivity index (χ3n) is 4.51. The number of aromatic nitrogens is 2. The molecule has 1 aromatic heterocycles. The van der Waals surface area contributed by atoms with Crippen LogP contribution in [0.1, 0.15) is 35.4 Å². The molecule has 6 heteroatoms. The molecule has 1 amide bonds. The Balaban J connectivity index is 1.52. The van der Waals surface area contributed by atoms with Crippen LogP contribution >= 0.6 is 0 Å². The number of carbonyl (C=O) groups excluding carboxylic acids is 1. The van der Waals surface area contributed by atoms with Gasteiger partial charge in [0.2, 0.25) is 0 Å². The Morgan fingerprint density at radius 2 is 1.88 bits per heavy atom. The molecule has 24 heavy (non-hydrogen) atoms. The Morgan fingerprint density at radius 1 is 1.17 bits per heavy atom. The molecule has 3 rings (SSSR count). The van der Waals surface area contributed by atoms with Crippen LogP contribution in [0.25, 0.3) is 0 Å². The van der Waals surface area contributed by atoms with Crippen molar-refractivity contribution in [2.24, 2.45) is 5.92 Å². The van der Waals surface area contributed by atoms with Crippen molar-refractivity contribution in [3.8, 4) is 11.5 Å². The summed E-state index contributed by atoms with van der Waals surface area (Å²) in [4.78, 5) is 22.7. The van der Waals surface area contributed by atoms with Crippen LogP contribution in [-0.2, 0) is 6.42 Å². The first kappa shape index (κ1) is 16.2. The number of rotatable bonds is 4. The Hall–Kier alpha value is -2.63. The number of piperidine rings is 1. The van der Waals surface area contributed by atoms with Crippen molar-refractivity contribution in [3.63, 3.8) is 0 Å². The Morgan fingerprint density at radius 3 is 2.54 bits per heavy atom. The minimum Gasteiger partial charge on any atom is -0.508 e. The largest absolute Gasteiger partial charge is 0.508 e. The molecule has 0 saturated carbocycles. The summed E-state index contributed by atoms with van der Waals surface area (Å²) in [6.45, 7) is 1.36. The predicted octanol–water partition coefficient (Wildman–Crippen LogP) is 2.37. The molecule has 0 aliphatic carbocycles. The molecule has 0 radical (unpaired) electrons. The Kier molecular flexibility index (Phi) is 4.93. The molecule has 1 aliphatic rings. The highest BCUT2D eigenvalue weighted by atomic mass is 16.3. The first-order chi connectivity index (χ1) is 11.6. The van der Waals surface area contributed by atoms with Crippen LogP contribution in [0.15, 0.2) is 36.7 Å². The van der Waals surface area contributed by atoms with Gasteiger partial charge in [0, 0.05) is 38.0 Å². The van der Waals surface area contributed by atoms with Crippen LogP contribution in [0.3, 0.4) is 0 Å². The number of nitrogens with zero attached hydrogens (tertiary/aromatic N) is 3. The fraction of sp³-hybridized carbons (Fsp3) is 0.389. The number of phenolic OH excluding ortho intramolecular Hbond substituents is 2. The van der Waals surface area contributed by atoms with Crippen molar-refractivity contribution in [1.82, 2.24) is 14.9 Å². The normalized spacial score (nSPS) is 15.4. The zero-order valence-corrected chi connectivity index (χ0v) is 13.4. The molecule has 0 unspecified atom stereocenters. The summed E-state index contributed by atoms with van der Waals surface area (Å²) in [5.74, 6) is 1.02. The SMILES string of the molecule is O=C(c1ccc(O)cc1O)N1CCC(CCc2ncccn2)CC1. The summed E-state index contributed by atoms with van der Waals surface area (Å²) in [6, 6.07) is 5.89. The number of hydrogen-bond acceptors (Lipinski definition) is 5. The maximum atomic E-state index is 12.5. The first-order valence-corrected chi connectivity index (χ1v) is 8.20. The van der Waals surface area contributed by atoms with Crippen LogP contribution in [0.2, 0.25) is 0 Å². The predicted molar refractivity (Wildman–Crippen MR) is 88.8 cm³/mol. The van der Waals surface area contributed by atoms with Gasteiger partial charge in [-0.15, -0.1) is 0 Å². The number of benzene rings is 1. The highest BCUT2D eigenvalue weighted by Gasteiger charge is 2.25. The molecular weight excluding hydrogens is 306 g/mol. The molecule has 1 aromatic carbocycles. The van der Waals surface area contributed by atoms with E-state index in [1.807, 2.05) is 6.07 Å². The smallest absolute Gasteiger partial charge is 0.257 e. The summed E-state index contributed by atoms with van der Waals surface area (Å²) in [7, 11) is 0. The van der Waals surface area contributed by atoms with Gasteiger partial charge in [0.25, 0.3) is 5.91 Å². The maximum Gasteiger partial charge on any atom is 0.257 e. The molecule has 6 nitrogen and oxygen atoms in total. The maximum absolute atomic E-state index is 12.5. The topological polar surface area (TPSA) is 86.5 Å². The van der Waals surface area contributed by atoms with Crippen LogP contribution in [0.4, 0.5) is 0 Å². The van der Waals surface area contributed by atoms with E-state index in [4.69, 9.17) is 0 Å². The molecular formula is C18H21N3O3. The second kappa shape index (κ2) is 7.29. The molecule has 2 aromatic rings. The van der Waals surface area contributed by atoms with Crippen LogP contribution in [0.5, 0.6) is 11.5 Å². The molecule has 1 saturated heterocycles. The number of carbonyl (C=O) groups is 1. The lowest BCUT2D eigenvalue weighted by atomic mass is 9.91. The molecule has 2 N–H and O–H groups in total. The van der Waals surface area contributed by atoms with Crippen molar-refractivity contribution >= 4 is 5.91 Å². The molecule has 1 aliphatic heterocycles. The van der Waals surface area contributed by atoms with E-state index in [2.05, 4.69) is 9.97 Å². The van der Waals surface area contributed by atoms with E-state index in [1.165, 1.54) is 18.2 Å². The average molecular weight is 327 g/mol. The van der Waals surface area contributed by atoms with Crippen molar-refractivity contribution in [1.29, 1.82) is 0 Å². The third kappa shape index (κ3) is 3.82. The van der Waals surface area contributed by atoms with E-state index in [9.17, 15) is 15.0 Å². The highest BCUT2D eigenvalue weighted by Crippen LogP contribution is 2.27. The fourth-order valence-corrected chi connectivity index (χ4v) is 3.09. The lowest BCUT2D eigenvalue weighted by Gasteiger charge is -2.32. The van der Waals surface area contributed by atoms with Crippen molar-refractivity contribution in [2.75, 3.05) is 13.1 Å². The van der Waals surface area contributed by atoms with E-state index >= 15 is 0 Å². The van der Waals surface area contributed by atoms with Gasteiger partial charge in [-0.3, -0.25) is 4.79 Å². The molecule has 0 atom stereocenters. The molecule has 2 heterocycles. The van der Waals surface area contributed by atoms with Gasteiger partial charge < -0.3 is 15.1 Å². The lowest BCUT2D eigenvalue weighted by Crippen LogP contribution is -2.38. The van der Waals surface area contributed by atoms with Gasteiger partial charge in [-0.1, -0.05) is 0 Å². The first-order valence-electron chi connectivity index (χ1n) is 8.20. The standard InChI is InChI=1S/C18H21N3O3/c22-14-3-4-15(16(23)12-14)18(24)21-10-6-13(7-11-21)2-5-17-19-8-1-9-20-17/h1,3-4,8-9,12-13,22-23H,2,5-7,10-11H2. The van der Waals surface area contributed by atoms with Gasteiger partial charge in [-0.05, 0) is 43.4 Å². The average Bonchev–Trinajstić information content (AvgIpc) is 2.61. The highest BCUT2D eigenvalue weighted by molar-refractivity contribution is 5.97. The van der Waals surface area contributed by atoms with E-state index in [-0.39, 0.29) is 23.0 Å². The van der Waals surface area contributed by atoms with Gasteiger partial charge in [-0.25, -0.2) is 9.97 Å². The monoisotopic (exact) mass is 327 g/mol. The van der Waals surface area contributed by atoms with Crippen molar-refractivity contribution in [2.45, 2.75) is 25.7 Å². The number of likely N-dealkylation sites (tertiary alicyclic amines) is 1. The van der Waals surface area contributed by atoms with Crippen molar-refractivity contribution in [3.05, 3.63) is 48.0 Å². The van der Waals surface area contributed by atoms with Gasteiger partial charge in [0.1, 0.15) is 17.3 Å². The number of phenols is 2. The molecule has 1 fully saturated rings. The van der Waals surface area contributed by atoms with E-state index in [1.54, 1.807) is 17.3 Å². The molecule has 126 valence electrons. The molecule has 0 spiro atoms. The summed E-state index contributed by atoms with van der Waals surface area (Å²) < 4.78 is 0. The van der Waals surface area contributed by atoms with Crippen LogP contribution < -0.4 is 0 Å². The van der Waals surface area contributed by atoms with E-state index in [0.29, 0.717) is 19.0 Å². The van der Waals surface area contributed by atoms with Crippen LogP contribution in [-0.4, -0.2) is 44.1 Å². The molecule has 0 bridgehead atoms. The summed E-state index contributed by atoms with van der Waals surface area (Å²) in [5, 5.41) is 19.2. The summed E-state index contributed by atoms with van der Waals surface area (Å²) >= 11 is 0. The van der Waals surface area contributed by atoms with E-state index < -0.39 is 0 Å². The van der Waals surface area contributed by atoms with Gasteiger partial charge in [0.15, 0.2) is 0 Å². The fourth-order valence-electron chi connectivity index (χ4n) is 3.09. The Bertz CT molecular complexity index is 698. The minimum atomic E-state index is -0.183. The number of amides is 1. The number of aromatic hydroxyl groups is 2. The zero-order valence-electron chi connectivity index (χ0n) is 13.4.